The van der Waals surface area contributed by atoms with Gasteiger partial charge >= 0.3 is 19.8 Å². The van der Waals surface area contributed by atoms with Crippen LogP contribution >= 0.6 is 0 Å². The Balaban J connectivity index is 0.000000146. The van der Waals surface area contributed by atoms with Crippen LogP contribution in [0.25, 0.3) is 0 Å². The number of fused-ring (bicyclic) bond motifs is 40. The molecule has 8 saturated carbocycles. The molecule has 18 aliphatic rings. The second-order valence-electron chi connectivity index (χ2n) is 33.2. The van der Waals surface area contributed by atoms with Gasteiger partial charge in [0.15, 0.2) is 0 Å². The SMILES string of the molecule is O=C([O-])C1CCC2C3NC4NC(NC5NC(NC6NC(NC(N3)C2C1C(=O)[O-])C1CCCCC61)C1CCCCC51)C1CCCCC41.O=C([O-])C1CCC2C3NC4NC(NC5NC(NC6NC(NC(N3)C2C1C(=O)[O-])C1CCCCC61)C1CCCCC51)C1CCCCC41.[Os+4]. The van der Waals surface area contributed by atoms with E-state index < -0.39 is 59.4 Å². The maximum absolute atomic E-state index is 12.7. The van der Waals surface area contributed by atoms with Crippen LogP contribution in [0.1, 0.15) is 180 Å². The molecule has 10 saturated heterocycles. The van der Waals surface area contributed by atoms with Gasteiger partial charge in [-0.05, 0) is 186 Å². The third-order valence-corrected chi connectivity index (χ3v) is 29.2. The largest absolute Gasteiger partial charge is 4.00 e. The van der Waals surface area contributed by atoms with Crippen LogP contribution in [0, 0.1) is 118 Å². The second-order valence-corrected chi connectivity index (χ2v) is 33.2. The Morgan fingerprint density at radius 3 is 0.495 bits per heavy atom. The van der Waals surface area contributed by atoms with Crippen LogP contribution < -0.4 is 105 Å². The van der Waals surface area contributed by atoms with Crippen LogP contribution in [0.3, 0.4) is 0 Å². The molecular formula is C68H108N16O8Os. The molecule has 24 nitrogen and oxygen atoms in total. The summed E-state index contributed by atoms with van der Waals surface area (Å²) in [6.45, 7) is 0. The molecule has 0 aromatic carbocycles. The molecule has 18 fully saturated rings. The van der Waals surface area contributed by atoms with Crippen LogP contribution in [0.15, 0.2) is 0 Å². The number of hydrogen-bond donors (Lipinski definition) is 16. The Hall–Kier alpha value is -2.12. The Bertz CT molecular complexity index is 2540. The Morgan fingerprint density at radius 1 is 0.194 bits per heavy atom. The first kappa shape index (κ1) is 65.5. The van der Waals surface area contributed by atoms with E-state index in [1.54, 1.807) is 0 Å². The van der Waals surface area contributed by atoms with Crippen molar-refractivity contribution in [3.63, 3.8) is 0 Å². The van der Waals surface area contributed by atoms with Crippen molar-refractivity contribution in [2.45, 2.75) is 278 Å². The fourth-order valence-electron chi connectivity index (χ4n) is 25.3. The molecule has 0 aromatic rings. The molecule has 0 aromatic heterocycles. The minimum Gasteiger partial charge on any atom is -0.550 e. The van der Waals surface area contributed by atoms with E-state index in [4.69, 9.17) is 0 Å². The molecule has 8 aliphatic carbocycles. The summed E-state index contributed by atoms with van der Waals surface area (Å²) >= 11 is 0. The topological polar surface area (TPSA) is 353 Å². The van der Waals surface area contributed by atoms with Gasteiger partial charge in [0.25, 0.3) is 0 Å². The van der Waals surface area contributed by atoms with Crippen molar-refractivity contribution in [2.75, 3.05) is 0 Å². The third-order valence-electron chi connectivity index (χ3n) is 29.2. The van der Waals surface area contributed by atoms with E-state index in [-0.39, 0.29) is 130 Å². The molecule has 36 atom stereocenters. The van der Waals surface area contributed by atoms with Crippen molar-refractivity contribution in [1.29, 1.82) is 0 Å². The first-order valence-corrected chi connectivity index (χ1v) is 37.9. The van der Waals surface area contributed by atoms with Crippen LogP contribution in [0.4, 0.5) is 0 Å². The number of aliphatic carboxylic acids is 4. The van der Waals surface area contributed by atoms with Gasteiger partial charge in [-0.25, -0.2) is 0 Å². The number of nitrogens with one attached hydrogen (secondary N) is 16. The van der Waals surface area contributed by atoms with Gasteiger partial charge < -0.3 is 39.6 Å². The predicted molar refractivity (Wildman–Crippen MR) is 330 cm³/mol. The van der Waals surface area contributed by atoms with E-state index in [0.717, 1.165) is 12.8 Å². The van der Waals surface area contributed by atoms with Gasteiger partial charge in [0.1, 0.15) is 0 Å². The number of carboxylic acids is 4. The average Bonchev–Trinajstić information content (AvgIpc) is 1.64. The molecule has 0 amide bonds. The molecule has 18 rings (SSSR count). The Labute approximate surface area is 562 Å². The maximum Gasteiger partial charge on any atom is 4.00 e. The molecule has 10 aliphatic heterocycles. The predicted octanol–water partition coefficient (Wildman–Crippen LogP) is -2.89. The normalized spacial score (nSPS) is 54.1. The molecule has 16 N–H and O–H groups in total. The number of carbonyl (C=O) groups is 4. The van der Waals surface area contributed by atoms with E-state index in [1.165, 1.54) is 141 Å². The van der Waals surface area contributed by atoms with Crippen molar-refractivity contribution in [2.24, 2.45) is 118 Å². The van der Waals surface area contributed by atoms with E-state index in [0.29, 0.717) is 96.7 Å². The number of carboxylic acid groups (broad SMARTS) is 4. The summed E-state index contributed by atoms with van der Waals surface area (Å²) in [6.07, 6.45) is 32.4. The standard InChI is InChI=1S/2C34H56N8O4.Os/c2*43-33(44)22-14-13-21-23(24(22)34(45)46)32-41-30-20-12-6-5-11-19(20)28(39-30)37-26-16-8-2-1-7-15(16)25(35-26)36-27-17-9-3-4-10-18(17)29(38-27)40-31(21)42-32;/h2*15-32,35-42H,1-14H2,(H,43,44)(H,45,46);/q;;+4/p-4. The minimum atomic E-state index is -1.27. The van der Waals surface area contributed by atoms with E-state index in [2.05, 4.69) is 85.1 Å². The number of rotatable bonds is 4. The first-order valence-electron chi connectivity index (χ1n) is 37.9. The van der Waals surface area contributed by atoms with Crippen molar-refractivity contribution in [3.8, 4) is 0 Å². The summed E-state index contributed by atoms with van der Waals surface area (Å²) in [5.41, 5.74) is 0. The van der Waals surface area contributed by atoms with Gasteiger partial charge in [-0.15, -0.1) is 0 Å². The summed E-state index contributed by atoms with van der Waals surface area (Å²) < 4.78 is 0. The van der Waals surface area contributed by atoms with E-state index in [1.807, 2.05) is 0 Å². The molecule has 16 bridgehead atoms. The van der Waals surface area contributed by atoms with Crippen LogP contribution in [0.5, 0.6) is 0 Å². The molecule has 0 radical (unpaired) electrons. The fourth-order valence-corrected chi connectivity index (χ4v) is 25.3. The maximum atomic E-state index is 12.7. The minimum absolute atomic E-state index is 0. The average molecular weight is 1470 g/mol. The quantitative estimate of drug-likeness (QED) is 0.134. The summed E-state index contributed by atoms with van der Waals surface area (Å²) in [5.74, 6) is -3.90. The van der Waals surface area contributed by atoms with Crippen molar-refractivity contribution < 1.29 is 59.4 Å². The summed E-state index contributed by atoms with van der Waals surface area (Å²) in [5, 5.41) is 114. The van der Waals surface area contributed by atoms with Gasteiger partial charge in [0.05, 0.1) is 98.7 Å². The van der Waals surface area contributed by atoms with E-state index >= 15 is 0 Å². The van der Waals surface area contributed by atoms with Gasteiger partial charge in [0, 0.05) is 59.4 Å². The van der Waals surface area contributed by atoms with Crippen molar-refractivity contribution in [3.05, 3.63) is 0 Å². The number of hydrogen-bond acceptors (Lipinski definition) is 24. The van der Waals surface area contributed by atoms with Crippen LogP contribution in [0.2, 0.25) is 0 Å². The monoisotopic (exact) mass is 1470 g/mol. The zero-order chi connectivity index (χ0) is 62.2. The van der Waals surface area contributed by atoms with E-state index in [9.17, 15) is 39.6 Å². The Morgan fingerprint density at radius 2 is 0.344 bits per heavy atom. The fraction of sp³-hybridized carbons (Fsp3) is 0.941. The van der Waals surface area contributed by atoms with Crippen LogP contribution in [-0.4, -0.2) is 123 Å². The molecular weight excluding hydrogens is 1360 g/mol. The zero-order valence-corrected chi connectivity index (χ0v) is 56.7. The zero-order valence-electron chi connectivity index (χ0n) is 54.2. The molecule has 516 valence electrons. The van der Waals surface area contributed by atoms with Gasteiger partial charge in [-0.3, -0.25) is 85.1 Å². The molecule has 10 heterocycles. The Kier molecular flexibility index (Phi) is 19.1. The van der Waals surface area contributed by atoms with Gasteiger partial charge in [-0.1, -0.05) is 77.0 Å². The summed E-state index contributed by atoms with van der Waals surface area (Å²) in [6, 6.07) is 0. The second kappa shape index (κ2) is 27.1. The molecule has 25 heteroatoms. The van der Waals surface area contributed by atoms with Crippen molar-refractivity contribution >= 4 is 23.9 Å². The molecule has 36 unspecified atom stereocenters. The van der Waals surface area contributed by atoms with Gasteiger partial charge in [-0.2, -0.15) is 0 Å². The molecule has 93 heavy (non-hydrogen) atoms. The smallest absolute Gasteiger partial charge is 0.550 e. The molecule has 0 spiro atoms. The van der Waals surface area contributed by atoms with Crippen LogP contribution in [-0.2, 0) is 39.0 Å². The first-order chi connectivity index (χ1) is 44.9. The summed E-state index contributed by atoms with van der Waals surface area (Å²) in [4.78, 5) is 50.0. The summed E-state index contributed by atoms with van der Waals surface area (Å²) in [7, 11) is 0. The number of carbonyl (C=O) groups excluding carboxylic acids is 4. The van der Waals surface area contributed by atoms with Gasteiger partial charge in [0.2, 0.25) is 0 Å². The van der Waals surface area contributed by atoms with Crippen molar-refractivity contribution in [1.82, 2.24) is 85.1 Å². The third kappa shape index (κ3) is 11.9.